The van der Waals surface area contributed by atoms with Gasteiger partial charge >= 0.3 is 5.97 Å². The number of nitrogens with zero attached hydrogens (tertiary/aromatic N) is 2. The number of carbonyl (C=O) groups excluding carboxylic acids is 4. The van der Waals surface area contributed by atoms with Gasteiger partial charge < -0.3 is 29.7 Å². The molecule has 3 aliphatic heterocycles. The van der Waals surface area contributed by atoms with E-state index in [1.54, 1.807) is 28.9 Å². The van der Waals surface area contributed by atoms with E-state index in [1.165, 1.54) is 0 Å². The summed E-state index contributed by atoms with van der Waals surface area (Å²) in [6.07, 6.45) is 5.77. The predicted octanol–water partition coefficient (Wildman–Crippen LogP) is 4.73. The van der Waals surface area contributed by atoms with Crippen LogP contribution in [0.4, 0.5) is 0 Å². The highest BCUT2D eigenvalue weighted by atomic mass is 16.6. The summed E-state index contributed by atoms with van der Waals surface area (Å²) in [5.41, 5.74) is -0.527. The lowest BCUT2D eigenvalue weighted by Gasteiger charge is -2.41. The van der Waals surface area contributed by atoms with E-state index >= 15 is 0 Å². The van der Waals surface area contributed by atoms with E-state index in [0.29, 0.717) is 37.8 Å². The van der Waals surface area contributed by atoms with Gasteiger partial charge in [0.2, 0.25) is 17.7 Å². The predicted molar refractivity (Wildman–Crippen MR) is 183 cm³/mol. The molecule has 1 spiro atoms. The van der Waals surface area contributed by atoms with Gasteiger partial charge in [0, 0.05) is 19.0 Å². The molecule has 0 aliphatic carbocycles. The number of fused-ring (bicyclic) bond motifs is 1. The van der Waals surface area contributed by atoms with Gasteiger partial charge in [-0.2, -0.15) is 0 Å². The maximum Gasteiger partial charge on any atom is 0.313 e. The smallest absolute Gasteiger partial charge is 0.313 e. The summed E-state index contributed by atoms with van der Waals surface area (Å²) in [6, 6.07) is 6.91. The second-order valence-electron chi connectivity index (χ2n) is 14.1. The average molecular weight is 666 g/mol. The van der Waals surface area contributed by atoms with E-state index in [0.717, 1.165) is 12.8 Å². The number of aliphatic hydroxyl groups is 1. The van der Waals surface area contributed by atoms with Crippen LogP contribution >= 0.6 is 0 Å². The topological polar surface area (TPSA) is 125 Å². The van der Waals surface area contributed by atoms with Gasteiger partial charge in [-0.3, -0.25) is 19.2 Å². The number of ether oxygens (including phenoxy) is 2. The number of benzene rings is 1. The largest absolute Gasteiger partial charge is 0.455 e. The first-order chi connectivity index (χ1) is 22.9. The maximum atomic E-state index is 14.7. The number of hydrogen-bond donors (Lipinski definition) is 2. The molecule has 1 unspecified atom stereocenters. The van der Waals surface area contributed by atoms with Crippen LogP contribution in [0.25, 0.3) is 0 Å². The van der Waals surface area contributed by atoms with Gasteiger partial charge in [0.25, 0.3) is 0 Å². The monoisotopic (exact) mass is 665 g/mol. The summed E-state index contributed by atoms with van der Waals surface area (Å²) in [5.74, 6) is -3.14. The van der Waals surface area contributed by atoms with Crippen molar-refractivity contribution in [3.63, 3.8) is 0 Å². The van der Waals surface area contributed by atoms with Gasteiger partial charge in [-0.15, -0.1) is 13.2 Å². The number of carbonyl (C=O) groups is 4. The summed E-state index contributed by atoms with van der Waals surface area (Å²) < 4.78 is 12.9. The van der Waals surface area contributed by atoms with Gasteiger partial charge in [-0.1, -0.05) is 69.7 Å². The molecule has 3 saturated heterocycles. The molecule has 3 fully saturated rings. The SMILES string of the molecule is C=CCCC(=O)N[C@H](C)[C@@H](OC(=O)[C@@H]1[C@@H]2CC[C@]3(O2)[C@H](C(=O)N(CC=C)C(C)CCC)N([C@@H](CO)CC(C)C)C(=O)[C@@H]13)c1ccccc1. The van der Waals surface area contributed by atoms with Crippen LogP contribution in [0.3, 0.4) is 0 Å². The molecule has 2 N–H and O–H groups in total. The van der Waals surface area contributed by atoms with Crippen molar-refractivity contribution in [2.45, 2.75) is 122 Å². The zero-order valence-electron chi connectivity index (χ0n) is 29.3. The fourth-order valence-electron chi connectivity index (χ4n) is 8.15. The van der Waals surface area contributed by atoms with Crippen molar-refractivity contribution in [3.05, 3.63) is 61.2 Å². The van der Waals surface area contributed by atoms with E-state index < -0.39 is 53.7 Å². The summed E-state index contributed by atoms with van der Waals surface area (Å²) in [4.78, 5) is 59.7. The minimum Gasteiger partial charge on any atom is -0.455 e. The van der Waals surface area contributed by atoms with E-state index in [-0.39, 0.29) is 42.7 Å². The molecule has 0 aromatic heterocycles. The van der Waals surface area contributed by atoms with Crippen molar-refractivity contribution in [2.24, 2.45) is 17.8 Å². The minimum absolute atomic E-state index is 0.111. The Balaban J connectivity index is 1.72. The molecule has 4 rings (SSSR count). The molecule has 0 radical (unpaired) electrons. The normalized spacial score (nSPS) is 26.8. The summed E-state index contributed by atoms with van der Waals surface area (Å²) >= 11 is 0. The standard InChI is InChI=1S/C38H55N3O7/c1-8-11-18-30(43)39-26(7)33(27-16-13-12-14-17-27)47-37(46)31-29-19-20-38(48-29)32(31)35(44)41(28(23-42)22-24(4)5)34(38)36(45)40(21-10-3)25(6)15-9-2/h8,10,12-14,16-17,24-26,28-29,31-34,42H,1,3,9,11,15,18-23H2,2,4-7H3,(H,39,43)/t25?,26-,28-,29+,31-,32-,33-,34+,38-/m1/s1. The van der Waals surface area contributed by atoms with Gasteiger partial charge in [0.05, 0.1) is 36.6 Å². The first kappa shape index (κ1) is 37.3. The first-order valence-electron chi connectivity index (χ1n) is 17.6. The highest BCUT2D eigenvalue weighted by molar-refractivity contribution is 5.98. The van der Waals surface area contributed by atoms with E-state index in [4.69, 9.17) is 9.47 Å². The number of aliphatic hydroxyl groups excluding tert-OH is 1. The molecule has 2 bridgehead atoms. The molecule has 0 saturated carbocycles. The number of amides is 3. The highest BCUT2D eigenvalue weighted by Crippen LogP contribution is 2.59. The van der Waals surface area contributed by atoms with Crippen LogP contribution in [-0.4, -0.2) is 87.6 Å². The molecule has 3 aliphatic rings. The molecule has 48 heavy (non-hydrogen) atoms. The van der Waals surface area contributed by atoms with Gasteiger partial charge in [-0.05, 0) is 57.4 Å². The van der Waals surface area contributed by atoms with Crippen molar-refractivity contribution >= 4 is 23.7 Å². The fourth-order valence-corrected chi connectivity index (χ4v) is 8.15. The zero-order valence-corrected chi connectivity index (χ0v) is 29.3. The maximum absolute atomic E-state index is 14.7. The first-order valence-corrected chi connectivity index (χ1v) is 17.6. The van der Waals surface area contributed by atoms with Crippen LogP contribution in [0.15, 0.2) is 55.6 Å². The average Bonchev–Trinajstić information content (AvgIpc) is 3.71. The van der Waals surface area contributed by atoms with Crippen molar-refractivity contribution in [1.29, 1.82) is 0 Å². The van der Waals surface area contributed by atoms with Crippen molar-refractivity contribution < 1.29 is 33.8 Å². The highest BCUT2D eigenvalue weighted by Gasteiger charge is 2.75. The Morgan fingerprint density at radius 1 is 1.17 bits per heavy atom. The van der Waals surface area contributed by atoms with E-state index in [1.807, 2.05) is 51.1 Å². The van der Waals surface area contributed by atoms with Gasteiger partial charge in [0.1, 0.15) is 17.7 Å². The summed E-state index contributed by atoms with van der Waals surface area (Å²) in [6.45, 7) is 17.4. The lowest BCUT2D eigenvalue weighted by Crippen LogP contribution is -2.60. The number of allylic oxidation sites excluding steroid dienone is 1. The van der Waals surface area contributed by atoms with Crippen LogP contribution in [-0.2, 0) is 28.7 Å². The molecule has 1 aromatic carbocycles. The molecule has 1 aromatic rings. The summed E-state index contributed by atoms with van der Waals surface area (Å²) in [7, 11) is 0. The second kappa shape index (κ2) is 16.3. The number of hydrogen-bond acceptors (Lipinski definition) is 7. The third-order valence-corrected chi connectivity index (χ3v) is 10.2. The third kappa shape index (κ3) is 7.39. The summed E-state index contributed by atoms with van der Waals surface area (Å²) in [5, 5.41) is 13.6. The Bertz CT molecular complexity index is 1320. The van der Waals surface area contributed by atoms with Crippen LogP contribution < -0.4 is 5.32 Å². The van der Waals surface area contributed by atoms with Crippen molar-refractivity contribution in [3.8, 4) is 0 Å². The van der Waals surface area contributed by atoms with Crippen molar-refractivity contribution in [1.82, 2.24) is 15.1 Å². The van der Waals surface area contributed by atoms with Gasteiger partial charge in [0.15, 0.2) is 0 Å². The van der Waals surface area contributed by atoms with Gasteiger partial charge in [-0.25, -0.2) is 0 Å². The molecule has 3 amide bonds. The zero-order chi connectivity index (χ0) is 35.2. The number of rotatable bonds is 18. The Morgan fingerprint density at radius 3 is 2.48 bits per heavy atom. The third-order valence-electron chi connectivity index (χ3n) is 10.2. The van der Waals surface area contributed by atoms with E-state index in [2.05, 4.69) is 25.4 Å². The number of nitrogens with one attached hydrogen (secondary N) is 1. The molecular weight excluding hydrogens is 610 g/mol. The van der Waals surface area contributed by atoms with Crippen LogP contribution in [0.5, 0.6) is 0 Å². The fraction of sp³-hybridized carbons (Fsp3) is 0.632. The minimum atomic E-state index is -1.23. The number of likely N-dealkylation sites (tertiary alicyclic amines) is 1. The molecule has 10 heteroatoms. The Morgan fingerprint density at radius 2 is 1.88 bits per heavy atom. The molecule has 10 nitrogen and oxygen atoms in total. The molecular formula is C38H55N3O7. The molecule has 264 valence electrons. The quantitative estimate of drug-likeness (QED) is 0.172. The van der Waals surface area contributed by atoms with Crippen LogP contribution in [0.1, 0.15) is 91.2 Å². The van der Waals surface area contributed by atoms with Crippen molar-refractivity contribution in [2.75, 3.05) is 13.2 Å². The lowest BCUT2D eigenvalue weighted by molar-refractivity contribution is -0.163. The Labute approximate surface area is 285 Å². The van der Waals surface area contributed by atoms with Crippen LogP contribution in [0.2, 0.25) is 0 Å². The lowest BCUT2D eigenvalue weighted by atomic mass is 9.70. The second-order valence-corrected chi connectivity index (χ2v) is 14.1. The Hall–Kier alpha value is -3.50. The number of esters is 1. The van der Waals surface area contributed by atoms with E-state index in [9.17, 15) is 24.3 Å². The van der Waals surface area contributed by atoms with Crippen LogP contribution in [0, 0.1) is 17.8 Å². The molecule has 9 atom stereocenters. The Kier molecular flexibility index (Phi) is 12.6. The molecule has 3 heterocycles.